The first kappa shape index (κ1) is 11.4. The molecule has 2 N–H and O–H groups in total. The van der Waals surface area contributed by atoms with Crippen LogP contribution in [0, 0.1) is 0 Å². The number of aliphatic hydroxyl groups is 1. The van der Waals surface area contributed by atoms with Gasteiger partial charge in [-0.2, -0.15) is 0 Å². The van der Waals surface area contributed by atoms with Crippen molar-refractivity contribution in [3.63, 3.8) is 0 Å². The summed E-state index contributed by atoms with van der Waals surface area (Å²) < 4.78 is 23.9. The van der Waals surface area contributed by atoms with Gasteiger partial charge in [0, 0.05) is 6.04 Å². The lowest BCUT2D eigenvalue weighted by Crippen LogP contribution is -2.37. The van der Waals surface area contributed by atoms with Crippen molar-refractivity contribution in [2.24, 2.45) is 0 Å². The summed E-state index contributed by atoms with van der Waals surface area (Å²) in [6.45, 7) is 1.64. The first-order valence-corrected chi connectivity index (χ1v) is 6.00. The fraction of sp³-hybridized carbons (Fsp3) is 1.00. The van der Waals surface area contributed by atoms with Crippen LogP contribution in [0.1, 0.15) is 13.3 Å². The molecule has 0 aliphatic carbocycles. The molecule has 0 aromatic rings. The van der Waals surface area contributed by atoms with E-state index in [1.807, 2.05) is 0 Å². The van der Waals surface area contributed by atoms with E-state index in [1.165, 1.54) is 0 Å². The number of alkyl halides is 1. The standard InChI is InChI=1S/C5H12BrNO3S/c1-2-5(3-8)7-11(9,10)4-6/h5,7-8H,2-4H2,1H3. The van der Waals surface area contributed by atoms with Gasteiger partial charge in [0.1, 0.15) is 4.66 Å². The Kier molecular flexibility index (Phi) is 5.24. The number of sulfonamides is 1. The molecule has 0 radical (unpaired) electrons. The van der Waals surface area contributed by atoms with Crippen LogP contribution in [-0.4, -0.2) is 30.8 Å². The maximum absolute atomic E-state index is 10.9. The number of nitrogens with one attached hydrogen (secondary N) is 1. The minimum absolute atomic E-state index is 0.128. The van der Waals surface area contributed by atoms with Crippen molar-refractivity contribution >= 4 is 26.0 Å². The number of hydrogen-bond acceptors (Lipinski definition) is 3. The lowest BCUT2D eigenvalue weighted by Gasteiger charge is -2.12. The highest BCUT2D eigenvalue weighted by Crippen LogP contribution is 1.96. The Morgan fingerprint density at radius 2 is 2.18 bits per heavy atom. The van der Waals surface area contributed by atoms with E-state index in [-0.39, 0.29) is 17.3 Å². The topological polar surface area (TPSA) is 66.4 Å². The lowest BCUT2D eigenvalue weighted by molar-refractivity contribution is 0.254. The Bertz CT molecular complexity index is 188. The molecule has 68 valence electrons. The molecular formula is C5H12BrNO3S. The molecule has 0 saturated heterocycles. The summed E-state index contributed by atoms with van der Waals surface area (Å²) in [5.74, 6) is 0. The van der Waals surface area contributed by atoms with E-state index < -0.39 is 10.0 Å². The Morgan fingerprint density at radius 3 is 2.45 bits per heavy atom. The predicted octanol–water partition coefficient (Wildman–Crippen LogP) is 0.0291. The minimum atomic E-state index is -3.24. The van der Waals surface area contributed by atoms with Gasteiger partial charge < -0.3 is 5.11 Å². The van der Waals surface area contributed by atoms with Crippen molar-refractivity contribution in [1.82, 2.24) is 4.72 Å². The van der Waals surface area contributed by atoms with Crippen molar-refractivity contribution in [2.45, 2.75) is 19.4 Å². The lowest BCUT2D eigenvalue weighted by atomic mass is 10.3. The van der Waals surface area contributed by atoms with Gasteiger partial charge in [0.2, 0.25) is 10.0 Å². The smallest absolute Gasteiger partial charge is 0.221 e. The highest BCUT2D eigenvalue weighted by atomic mass is 79.9. The molecule has 6 heteroatoms. The molecular weight excluding hydrogens is 234 g/mol. The van der Waals surface area contributed by atoms with E-state index >= 15 is 0 Å². The zero-order chi connectivity index (χ0) is 8.91. The first-order chi connectivity index (χ1) is 5.05. The van der Waals surface area contributed by atoms with Crippen LogP contribution in [0.25, 0.3) is 0 Å². The van der Waals surface area contributed by atoms with E-state index in [1.54, 1.807) is 6.92 Å². The molecule has 0 amide bonds. The summed E-state index contributed by atoms with van der Waals surface area (Å²) >= 11 is 2.83. The molecule has 0 aromatic heterocycles. The first-order valence-electron chi connectivity index (χ1n) is 3.22. The second kappa shape index (κ2) is 5.08. The van der Waals surface area contributed by atoms with E-state index in [9.17, 15) is 8.42 Å². The average Bonchev–Trinajstić information content (AvgIpc) is 2.00. The molecule has 1 unspecified atom stereocenters. The van der Waals surface area contributed by atoms with Crippen LogP contribution in [0.2, 0.25) is 0 Å². The Hall–Kier alpha value is 0.350. The normalized spacial score (nSPS) is 14.8. The molecule has 0 fully saturated rings. The number of hydrogen-bond donors (Lipinski definition) is 2. The molecule has 0 bridgehead atoms. The van der Waals surface area contributed by atoms with Crippen LogP contribution in [0.5, 0.6) is 0 Å². The molecule has 0 aliphatic rings. The van der Waals surface area contributed by atoms with Gasteiger partial charge in [0.05, 0.1) is 6.61 Å². The quantitative estimate of drug-likeness (QED) is 0.672. The molecule has 1 atom stereocenters. The Labute approximate surface area is 75.2 Å². The second-order valence-electron chi connectivity index (χ2n) is 2.13. The third kappa shape index (κ3) is 4.73. The van der Waals surface area contributed by atoms with Gasteiger partial charge in [0.15, 0.2) is 0 Å². The maximum atomic E-state index is 10.9. The van der Waals surface area contributed by atoms with E-state index in [2.05, 4.69) is 20.7 Å². The zero-order valence-electron chi connectivity index (χ0n) is 6.25. The number of aliphatic hydroxyl groups excluding tert-OH is 1. The van der Waals surface area contributed by atoms with Crippen LogP contribution in [0.3, 0.4) is 0 Å². The summed E-state index contributed by atoms with van der Waals surface area (Å²) in [7, 11) is -3.24. The van der Waals surface area contributed by atoms with Gasteiger partial charge in [-0.15, -0.1) is 0 Å². The summed E-state index contributed by atoms with van der Waals surface area (Å²) in [6, 6.07) is -0.363. The van der Waals surface area contributed by atoms with E-state index in [4.69, 9.17) is 5.11 Å². The molecule has 0 heterocycles. The number of rotatable bonds is 5. The third-order valence-corrected chi connectivity index (χ3v) is 3.99. The largest absolute Gasteiger partial charge is 0.395 e. The van der Waals surface area contributed by atoms with Crippen LogP contribution >= 0.6 is 15.9 Å². The zero-order valence-corrected chi connectivity index (χ0v) is 8.65. The van der Waals surface area contributed by atoms with Gasteiger partial charge in [-0.05, 0) is 6.42 Å². The van der Waals surface area contributed by atoms with Crippen LogP contribution in [0.15, 0.2) is 0 Å². The van der Waals surface area contributed by atoms with Gasteiger partial charge >= 0.3 is 0 Å². The molecule has 0 spiro atoms. The second-order valence-corrected chi connectivity index (χ2v) is 5.19. The van der Waals surface area contributed by atoms with Crippen LogP contribution in [0.4, 0.5) is 0 Å². The number of halogens is 1. The molecule has 0 rings (SSSR count). The summed E-state index contributed by atoms with van der Waals surface area (Å²) in [5.41, 5.74) is 0. The van der Waals surface area contributed by atoms with Crippen molar-refractivity contribution < 1.29 is 13.5 Å². The molecule has 11 heavy (non-hydrogen) atoms. The monoisotopic (exact) mass is 245 g/mol. The van der Waals surface area contributed by atoms with E-state index in [0.717, 1.165) is 0 Å². The summed E-state index contributed by atoms with van der Waals surface area (Å²) in [6.07, 6.45) is 0.586. The van der Waals surface area contributed by atoms with Gasteiger partial charge in [-0.25, -0.2) is 13.1 Å². The van der Waals surface area contributed by atoms with Crippen molar-refractivity contribution in [3.8, 4) is 0 Å². The highest BCUT2D eigenvalue weighted by molar-refractivity contribution is 9.10. The van der Waals surface area contributed by atoms with Crippen LogP contribution < -0.4 is 4.72 Å². The fourth-order valence-electron chi connectivity index (χ4n) is 0.535. The van der Waals surface area contributed by atoms with Crippen molar-refractivity contribution in [3.05, 3.63) is 0 Å². The Balaban J connectivity index is 4.01. The van der Waals surface area contributed by atoms with Crippen molar-refractivity contribution in [1.29, 1.82) is 0 Å². The average molecular weight is 246 g/mol. The highest BCUT2D eigenvalue weighted by Gasteiger charge is 2.13. The SMILES string of the molecule is CCC(CO)NS(=O)(=O)CBr. The van der Waals surface area contributed by atoms with Crippen LogP contribution in [-0.2, 0) is 10.0 Å². The summed E-state index contributed by atoms with van der Waals surface area (Å²) in [5, 5.41) is 8.64. The maximum Gasteiger partial charge on any atom is 0.221 e. The van der Waals surface area contributed by atoms with E-state index in [0.29, 0.717) is 6.42 Å². The molecule has 0 saturated carbocycles. The molecule has 0 aliphatic heterocycles. The van der Waals surface area contributed by atoms with Gasteiger partial charge in [-0.3, -0.25) is 0 Å². The van der Waals surface area contributed by atoms with Gasteiger partial charge in [-0.1, -0.05) is 22.9 Å². The van der Waals surface area contributed by atoms with Crippen molar-refractivity contribution in [2.75, 3.05) is 11.3 Å². The Morgan fingerprint density at radius 1 is 1.64 bits per heavy atom. The fourth-order valence-corrected chi connectivity index (χ4v) is 1.74. The van der Waals surface area contributed by atoms with Gasteiger partial charge in [0.25, 0.3) is 0 Å². The predicted molar refractivity (Wildman–Crippen MR) is 47.0 cm³/mol. The summed E-state index contributed by atoms with van der Waals surface area (Å²) in [4.78, 5) is 0. The molecule has 0 aromatic carbocycles. The third-order valence-electron chi connectivity index (χ3n) is 1.20. The minimum Gasteiger partial charge on any atom is -0.395 e. The molecule has 4 nitrogen and oxygen atoms in total.